The minimum atomic E-state index is 1.25. The fourth-order valence-corrected chi connectivity index (χ4v) is 3.86. The van der Waals surface area contributed by atoms with Gasteiger partial charge in [0.15, 0.2) is 0 Å². The van der Waals surface area contributed by atoms with Gasteiger partial charge in [-0.2, -0.15) is 0 Å². The van der Waals surface area contributed by atoms with Crippen molar-refractivity contribution in [3.63, 3.8) is 0 Å². The average molecular weight is 383 g/mol. The summed E-state index contributed by atoms with van der Waals surface area (Å²) >= 11 is 0. The second-order valence-corrected chi connectivity index (χ2v) is 8.64. The Labute approximate surface area is 173 Å². The Morgan fingerprint density at radius 1 is 0.370 bits per heavy atom. The third-order valence-electron chi connectivity index (χ3n) is 5.86. The highest BCUT2D eigenvalue weighted by atomic mass is 15.6. The van der Waals surface area contributed by atoms with Gasteiger partial charge in [0.25, 0.3) is 0 Å². The van der Waals surface area contributed by atoms with Gasteiger partial charge < -0.3 is 0 Å². The van der Waals surface area contributed by atoms with Crippen molar-refractivity contribution in [3.8, 4) is 0 Å². The Morgan fingerprint density at radius 3 is 1.04 bits per heavy atom. The SMILES string of the molecule is CCCCCCCCN(C)N(CCCCCCCC)CCCCCCCC. The van der Waals surface area contributed by atoms with Crippen molar-refractivity contribution in [2.45, 2.75) is 136 Å². The van der Waals surface area contributed by atoms with E-state index >= 15 is 0 Å². The molecule has 0 aromatic rings. The molecule has 2 heteroatoms. The summed E-state index contributed by atoms with van der Waals surface area (Å²) in [6.07, 6.45) is 25.2. The highest BCUT2D eigenvalue weighted by molar-refractivity contribution is 4.58. The Morgan fingerprint density at radius 2 is 0.667 bits per heavy atom. The standard InChI is InChI=1S/C25H54N2/c1-5-8-11-14-17-20-23-26(4)27(24-21-18-15-12-9-6-2)25-22-19-16-13-10-7-3/h5-25H2,1-4H3. The molecule has 0 heterocycles. The maximum absolute atomic E-state index is 2.67. The molecule has 0 amide bonds. The summed E-state index contributed by atoms with van der Waals surface area (Å²) in [6.45, 7) is 10.7. The topological polar surface area (TPSA) is 6.48 Å². The second kappa shape index (κ2) is 22.2. The number of hydrogen-bond donors (Lipinski definition) is 0. The molecule has 0 rings (SSSR count). The molecule has 0 N–H and O–H groups in total. The fourth-order valence-electron chi connectivity index (χ4n) is 3.86. The Hall–Kier alpha value is -0.0800. The van der Waals surface area contributed by atoms with Crippen molar-refractivity contribution in [2.75, 3.05) is 26.7 Å². The van der Waals surface area contributed by atoms with Crippen molar-refractivity contribution in [3.05, 3.63) is 0 Å². The summed E-state index contributed by atoms with van der Waals surface area (Å²) in [5.41, 5.74) is 0. The number of hydrazine groups is 1. The first-order valence-electron chi connectivity index (χ1n) is 12.7. The number of nitrogens with zero attached hydrogens (tertiary/aromatic N) is 2. The van der Waals surface area contributed by atoms with Crippen LogP contribution < -0.4 is 0 Å². The molecule has 0 aliphatic rings. The van der Waals surface area contributed by atoms with Crippen molar-refractivity contribution < 1.29 is 0 Å². The minimum Gasteiger partial charge on any atom is -0.245 e. The molecule has 0 unspecified atom stereocenters. The van der Waals surface area contributed by atoms with E-state index in [2.05, 4.69) is 37.8 Å². The molecule has 0 aromatic heterocycles. The summed E-state index contributed by atoms with van der Waals surface area (Å²) in [6, 6.07) is 0. The number of unbranched alkanes of at least 4 members (excludes halogenated alkanes) is 15. The summed E-state index contributed by atoms with van der Waals surface area (Å²) in [4.78, 5) is 0. The maximum atomic E-state index is 2.67. The van der Waals surface area contributed by atoms with Crippen LogP contribution in [0.2, 0.25) is 0 Å². The van der Waals surface area contributed by atoms with Crippen LogP contribution in [0.4, 0.5) is 0 Å². The van der Waals surface area contributed by atoms with E-state index in [1.54, 1.807) is 0 Å². The van der Waals surface area contributed by atoms with E-state index in [0.717, 1.165) is 0 Å². The Bertz CT molecular complexity index is 251. The summed E-state index contributed by atoms with van der Waals surface area (Å²) in [5, 5.41) is 5.23. The van der Waals surface area contributed by atoms with Gasteiger partial charge in [-0.25, -0.2) is 10.0 Å². The predicted octanol–water partition coefficient (Wildman–Crippen LogP) is 8.22. The lowest BCUT2D eigenvalue weighted by molar-refractivity contribution is -0.00498. The molecule has 0 aromatic carbocycles. The highest BCUT2D eigenvalue weighted by Gasteiger charge is 2.10. The molecule has 0 fully saturated rings. The van der Waals surface area contributed by atoms with Crippen LogP contribution in [0.5, 0.6) is 0 Å². The fraction of sp³-hybridized carbons (Fsp3) is 1.00. The van der Waals surface area contributed by atoms with Crippen molar-refractivity contribution in [1.82, 2.24) is 10.0 Å². The van der Waals surface area contributed by atoms with Crippen LogP contribution in [0.15, 0.2) is 0 Å². The number of rotatable bonds is 22. The molecule has 0 aliphatic carbocycles. The molecule has 164 valence electrons. The van der Waals surface area contributed by atoms with Crippen LogP contribution in [0.25, 0.3) is 0 Å². The molecule has 2 nitrogen and oxygen atoms in total. The third kappa shape index (κ3) is 19.0. The van der Waals surface area contributed by atoms with Gasteiger partial charge in [-0.15, -0.1) is 0 Å². The predicted molar refractivity (Wildman–Crippen MR) is 124 cm³/mol. The molecular weight excluding hydrogens is 328 g/mol. The summed E-state index contributed by atoms with van der Waals surface area (Å²) < 4.78 is 0. The van der Waals surface area contributed by atoms with Gasteiger partial charge in [-0.3, -0.25) is 0 Å². The molecule has 0 saturated carbocycles. The van der Waals surface area contributed by atoms with Crippen LogP contribution in [0.3, 0.4) is 0 Å². The van der Waals surface area contributed by atoms with Crippen LogP contribution in [0, 0.1) is 0 Å². The monoisotopic (exact) mass is 382 g/mol. The van der Waals surface area contributed by atoms with Crippen molar-refractivity contribution >= 4 is 0 Å². The van der Waals surface area contributed by atoms with Crippen LogP contribution in [0.1, 0.15) is 136 Å². The van der Waals surface area contributed by atoms with E-state index in [9.17, 15) is 0 Å². The highest BCUT2D eigenvalue weighted by Crippen LogP contribution is 2.11. The first-order chi connectivity index (χ1) is 13.3. The van der Waals surface area contributed by atoms with Crippen LogP contribution >= 0.6 is 0 Å². The quantitative estimate of drug-likeness (QED) is 0.137. The van der Waals surface area contributed by atoms with E-state index in [1.807, 2.05) is 0 Å². The Balaban J connectivity index is 4.00. The Kier molecular flexibility index (Phi) is 22.1. The normalized spacial score (nSPS) is 11.8. The molecule has 0 atom stereocenters. The minimum absolute atomic E-state index is 1.25. The molecule has 0 spiro atoms. The lowest BCUT2D eigenvalue weighted by atomic mass is 10.1. The zero-order valence-electron chi connectivity index (χ0n) is 19.7. The van der Waals surface area contributed by atoms with Gasteiger partial charge in [0, 0.05) is 26.7 Å². The van der Waals surface area contributed by atoms with E-state index < -0.39 is 0 Å². The van der Waals surface area contributed by atoms with E-state index in [0.29, 0.717) is 0 Å². The molecule has 0 saturated heterocycles. The van der Waals surface area contributed by atoms with Gasteiger partial charge in [0.05, 0.1) is 0 Å². The lowest BCUT2D eigenvalue weighted by Gasteiger charge is -2.32. The first-order valence-corrected chi connectivity index (χ1v) is 12.7. The zero-order valence-corrected chi connectivity index (χ0v) is 19.7. The molecule has 0 aliphatic heterocycles. The van der Waals surface area contributed by atoms with Gasteiger partial charge in [-0.05, 0) is 19.3 Å². The first kappa shape index (κ1) is 26.9. The zero-order chi connectivity index (χ0) is 20.0. The molecule has 0 radical (unpaired) electrons. The van der Waals surface area contributed by atoms with Gasteiger partial charge >= 0.3 is 0 Å². The van der Waals surface area contributed by atoms with Crippen LogP contribution in [-0.2, 0) is 0 Å². The second-order valence-electron chi connectivity index (χ2n) is 8.64. The smallest absolute Gasteiger partial charge is 0.0133 e. The summed E-state index contributed by atoms with van der Waals surface area (Å²) in [5.74, 6) is 0. The maximum Gasteiger partial charge on any atom is 0.0133 e. The van der Waals surface area contributed by atoms with Crippen molar-refractivity contribution in [2.24, 2.45) is 0 Å². The average Bonchev–Trinajstić information content (AvgIpc) is 2.68. The largest absolute Gasteiger partial charge is 0.245 e. The van der Waals surface area contributed by atoms with E-state index in [4.69, 9.17) is 0 Å². The summed E-state index contributed by atoms with van der Waals surface area (Å²) in [7, 11) is 2.33. The number of hydrogen-bond acceptors (Lipinski definition) is 2. The molecular formula is C25H54N2. The van der Waals surface area contributed by atoms with Gasteiger partial charge in [-0.1, -0.05) is 117 Å². The third-order valence-corrected chi connectivity index (χ3v) is 5.86. The molecule has 0 bridgehead atoms. The lowest BCUT2D eigenvalue weighted by Crippen LogP contribution is -2.41. The van der Waals surface area contributed by atoms with Gasteiger partial charge in [0.2, 0.25) is 0 Å². The van der Waals surface area contributed by atoms with E-state index in [-0.39, 0.29) is 0 Å². The molecule has 27 heavy (non-hydrogen) atoms. The van der Waals surface area contributed by atoms with E-state index in [1.165, 1.54) is 135 Å². The van der Waals surface area contributed by atoms with Gasteiger partial charge in [0.1, 0.15) is 0 Å². The van der Waals surface area contributed by atoms with Crippen molar-refractivity contribution in [1.29, 1.82) is 0 Å². The van der Waals surface area contributed by atoms with Crippen LogP contribution in [-0.4, -0.2) is 36.7 Å².